The molecule has 0 saturated carbocycles. The zero-order chi connectivity index (χ0) is 15.5. The van der Waals surface area contributed by atoms with Gasteiger partial charge in [0.15, 0.2) is 5.82 Å². The Morgan fingerprint density at radius 3 is 3.00 bits per heavy atom. The van der Waals surface area contributed by atoms with E-state index in [1.54, 1.807) is 31.3 Å². The van der Waals surface area contributed by atoms with Crippen LogP contribution in [0, 0.1) is 0 Å². The number of carbonyl (C=O) groups excluding carboxylic acids is 1. The van der Waals surface area contributed by atoms with Crippen molar-refractivity contribution in [3.05, 3.63) is 36.3 Å². The fraction of sp³-hybridized carbons (Fsp3) is 0.286. The lowest BCUT2D eigenvalue weighted by molar-refractivity contribution is -0.145. The summed E-state index contributed by atoms with van der Waals surface area (Å²) < 4.78 is 4.84. The molecule has 2 aromatic heterocycles. The fourth-order valence-corrected chi connectivity index (χ4v) is 2.16. The summed E-state index contributed by atoms with van der Waals surface area (Å²) >= 11 is 5.92. The lowest BCUT2D eigenvalue weighted by Crippen LogP contribution is -2.44. The molecule has 0 spiro atoms. The van der Waals surface area contributed by atoms with Gasteiger partial charge in [0.25, 0.3) is 0 Å². The van der Waals surface area contributed by atoms with Gasteiger partial charge >= 0.3 is 5.97 Å². The van der Waals surface area contributed by atoms with Crippen LogP contribution in [0.25, 0.3) is 11.0 Å². The Hall–Kier alpha value is -2.21. The molecule has 0 aliphatic carbocycles. The Bertz CT molecular complexity index is 692. The molecule has 0 aromatic carbocycles. The van der Waals surface area contributed by atoms with Gasteiger partial charge in [-0.05, 0) is 37.1 Å². The number of ether oxygens (including phenoxy) is 1. The maximum atomic E-state index is 12.0. The zero-order valence-corrected chi connectivity index (χ0v) is 12.5. The first-order chi connectivity index (χ1) is 10.00. The minimum atomic E-state index is -1.02. The first kappa shape index (κ1) is 15.2. The van der Waals surface area contributed by atoms with Gasteiger partial charge in [0.05, 0.1) is 12.6 Å². The largest absolute Gasteiger partial charge is 0.467 e. The number of halogens is 1. The van der Waals surface area contributed by atoms with Crippen molar-refractivity contribution >= 4 is 34.4 Å². The summed E-state index contributed by atoms with van der Waals surface area (Å²) in [5.74, 6) is -0.0541. The van der Waals surface area contributed by atoms with Crippen LogP contribution in [0.3, 0.4) is 0 Å². The maximum Gasteiger partial charge on any atom is 0.331 e. The van der Waals surface area contributed by atoms with Crippen molar-refractivity contribution in [2.45, 2.75) is 18.9 Å². The lowest BCUT2D eigenvalue weighted by atomic mass is 9.98. The van der Waals surface area contributed by atoms with Crippen molar-refractivity contribution in [3.8, 4) is 0 Å². The molecule has 0 radical (unpaired) electrons. The number of esters is 1. The highest BCUT2D eigenvalue weighted by atomic mass is 35.5. The third-order valence-electron chi connectivity index (χ3n) is 3.01. The molecule has 2 rings (SSSR count). The normalized spacial score (nSPS) is 13.5. The van der Waals surface area contributed by atoms with Crippen molar-refractivity contribution in [2.24, 2.45) is 0 Å². The van der Waals surface area contributed by atoms with E-state index in [-0.39, 0.29) is 5.28 Å². The summed E-state index contributed by atoms with van der Waals surface area (Å²) in [4.78, 5) is 24.5. The molecule has 1 unspecified atom stereocenters. The quantitative estimate of drug-likeness (QED) is 0.520. The van der Waals surface area contributed by atoms with Crippen LogP contribution >= 0.6 is 11.6 Å². The first-order valence-corrected chi connectivity index (χ1v) is 6.64. The Labute approximate surface area is 127 Å². The van der Waals surface area contributed by atoms with Gasteiger partial charge in [-0.25, -0.2) is 9.78 Å². The number of hydrogen-bond acceptors (Lipinski definition) is 6. The summed E-state index contributed by atoms with van der Waals surface area (Å²) in [6.07, 6.45) is 3.60. The van der Waals surface area contributed by atoms with Gasteiger partial charge in [0, 0.05) is 6.20 Å². The SMILES string of the molecule is C=CCC(C)(Nc1nc(Cl)nc2cccnc12)C(=O)OC. The van der Waals surface area contributed by atoms with Crippen LogP contribution in [0.5, 0.6) is 0 Å². The number of carbonyl (C=O) groups is 1. The molecule has 0 amide bonds. The number of nitrogens with zero attached hydrogens (tertiary/aromatic N) is 3. The number of aromatic nitrogens is 3. The van der Waals surface area contributed by atoms with Gasteiger partial charge < -0.3 is 10.1 Å². The van der Waals surface area contributed by atoms with Crippen LogP contribution in [0.2, 0.25) is 5.28 Å². The van der Waals surface area contributed by atoms with Gasteiger partial charge in [-0.1, -0.05) is 6.08 Å². The average Bonchev–Trinajstić information content (AvgIpc) is 2.46. The fourth-order valence-electron chi connectivity index (χ4n) is 1.99. The molecule has 1 atom stereocenters. The summed E-state index contributed by atoms with van der Waals surface area (Å²) in [7, 11) is 1.33. The predicted molar refractivity (Wildman–Crippen MR) is 81.2 cm³/mol. The zero-order valence-electron chi connectivity index (χ0n) is 11.8. The van der Waals surface area contributed by atoms with Crippen LogP contribution < -0.4 is 5.32 Å². The summed E-state index contributed by atoms with van der Waals surface area (Å²) in [6, 6.07) is 3.52. The monoisotopic (exact) mass is 306 g/mol. The summed E-state index contributed by atoms with van der Waals surface area (Å²) in [6.45, 7) is 5.36. The molecular formula is C14H15ClN4O2. The second-order valence-electron chi connectivity index (χ2n) is 4.65. The van der Waals surface area contributed by atoms with E-state index in [2.05, 4.69) is 26.8 Å². The van der Waals surface area contributed by atoms with Crippen LogP contribution in [0.15, 0.2) is 31.0 Å². The molecule has 2 heterocycles. The molecule has 2 aromatic rings. The van der Waals surface area contributed by atoms with E-state index in [0.717, 1.165) is 0 Å². The van der Waals surface area contributed by atoms with Crippen molar-refractivity contribution in [1.29, 1.82) is 0 Å². The second kappa shape index (κ2) is 6.05. The lowest BCUT2D eigenvalue weighted by Gasteiger charge is -2.27. The number of rotatable bonds is 5. The molecule has 0 aliphatic heterocycles. The topological polar surface area (TPSA) is 77.0 Å². The molecule has 6 nitrogen and oxygen atoms in total. The molecule has 0 bridgehead atoms. The smallest absolute Gasteiger partial charge is 0.331 e. The Balaban J connectivity index is 2.50. The molecule has 0 saturated heterocycles. The Morgan fingerprint density at radius 2 is 2.33 bits per heavy atom. The summed E-state index contributed by atoms with van der Waals surface area (Å²) in [5.41, 5.74) is 0.102. The molecule has 7 heteroatoms. The minimum absolute atomic E-state index is 0.0730. The number of hydrogen-bond donors (Lipinski definition) is 1. The minimum Gasteiger partial charge on any atom is -0.467 e. The van der Waals surface area contributed by atoms with E-state index in [0.29, 0.717) is 23.3 Å². The molecular weight excluding hydrogens is 292 g/mol. The van der Waals surface area contributed by atoms with Crippen molar-refractivity contribution in [1.82, 2.24) is 15.0 Å². The average molecular weight is 307 g/mol. The number of fused-ring (bicyclic) bond motifs is 1. The Morgan fingerprint density at radius 1 is 1.57 bits per heavy atom. The van der Waals surface area contributed by atoms with Crippen molar-refractivity contribution in [3.63, 3.8) is 0 Å². The van der Waals surface area contributed by atoms with Crippen LogP contribution in [-0.2, 0) is 9.53 Å². The molecule has 21 heavy (non-hydrogen) atoms. The van der Waals surface area contributed by atoms with Gasteiger partial charge in [-0.3, -0.25) is 4.98 Å². The van der Waals surface area contributed by atoms with E-state index >= 15 is 0 Å². The number of nitrogens with one attached hydrogen (secondary N) is 1. The summed E-state index contributed by atoms with van der Waals surface area (Å²) in [5, 5.41) is 3.12. The van der Waals surface area contributed by atoms with Crippen LogP contribution in [-0.4, -0.2) is 33.6 Å². The number of methoxy groups -OCH3 is 1. The van der Waals surface area contributed by atoms with Gasteiger partial charge in [0.1, 0.15) is 11.1 Å². The predicted octanol–water partition coefficient (Wildman–Crippen LogP) is 2.60. The van der Waals surface area contributed by atoms with E-state index in [9.17, 15) is 4.79 Å². The number of anilines is 1. The van der Waals surface area contributed by atoms with E-state index in [1.165, 1.54) is 7.11 Å². The van der Waals surface area contributed by atoms with Crippen LogP contribution in [0.1, 0.15) is 13.3 Å². The molecule has 1 N–H and O–H groups in total. The number of pyridine rings is 1. The Kier molecular flexibility index (Phi) is 4.37. The van der Waals surface area contributed by atoms with E-state index < -0.39 is 11.5 Å². The standard InChI is InChI=1S/C14H15ClN4O2/c1-4-7-14(2,12(20)21-3)19-11-10-9(6-5-8-16-10)17-13(15)18-11/h4-6,8H,1,7H2,2-3H3,(H,17,18,19). The third kappa shape index (κ3) is 3.11. The van der Waals surface area contributed by atoms with Crippen molar-refractivity contribution < 1.29 is 9.53 Å². The molecule has 110 valence electrons. The highest BCUT2D eigenvalue weighted by molar-refractivity contribution is 6.28. The highest BCUT2D eigenvalue weighted by Crippen LogP contribution is 2.25. The maximum absolute atomic E-state index is 12.0. The van der Waals surface area contributed by atoms with Gasteiger partial charge in [0.2, 0.25) is 5.28 Å². The van der Waals surface area contributed by atoms with Gasteiger partial charge in [-0.2, -0.15) is 4.98 Å². The highest BCUT2D eigenvalue weighted by Gasteiger charge is 2.34. The second-order valence-corrected chi connectivity index (χ2v) is 4.99. The molecule has 0 fully saturated rings. The van der Waals surface area contributed by atoms with E-state index in [4.69, 9.17) is 16.3 Å². The van der Waals surface area contributed by atoms with Crippen molar-refractivity contribution in [2.75, 3.05) is 12.4 Å². The van der Waals surface area contributed by atoms with Crippen LogP contribution in [0.4, 0.5) is 5.82 Å². The molecule has 0 aliphatic rings. The third-order valence-corrected chi connectivity index (χ3v) is 3.18. The van der Waals surface area contributed by atoms with E-state index in [1.807, 2.05) is 0 Å². The van der Waals surface area contributed by atoms with Gasteiger partial charge in [-0.15, -0.1) is 6.58 Å². The first-order valence-electron chi connectivity index (χ1n) is 6.26.